The second-order valence-corrected chi connectivity index (χ2v) is 3.14. The normalized spacial score (nSPS) is 9.93. The molecule has 7 heteroatoms. The van der Waals surface area contributed by atoms with Crippen LogP contribution in [-0.4, -0.2) is 32.4 Å². The summed E-state index contributed by atoms with van der Waals surface area (Å²) in [6.45, 7) is 0. The predicted octanol–water partition coefficient (Wildman–Crippen LogP) is 0.568. The van der Waals surface area contributed by atoms with E-state index < -0.39 is 0 Å². The van der Waals surface area contributed by atoms with E-state index in [0.29, 0.717) is 0 Å². The number of methoxy groups -OCH3 is 1. The van der Waals surface area contributed by atoms with Crippen LogP contribution in [0.1, 0.15) is 16.2 Å². The molecule has 2 heterocycles. The number of nitrogens with zero attached hydrogens (tertiary/aromatic N) is 4. The summed E-state index contributed by atoms with van der Waals surface area (Å²) in [7, 11) is 1.43. The minimum Gasteiger partial charge on any atom is -0.479 e. The third-order valence-electron chi connectivity index (χ3n) is 1.67. The topological polar surface area (TPSA) is 77.9 Å². The third kappa shape index (κ3) is 1.82. The molecule has 0 unspecified atom stereocenters. The van der Waals surface area contributed by atoms with Gasteiger partial charge in [-0.2, -0.15) is 0 Å². The van der Waals surface area contributed by atoms with Crippen molar-refractivity contribution in [1.29, 1.82) is 0 Å². The zero-order chi connectivity index (χ0) is 10.7. The smallest absolute Gasteiger partial charge is 0.243 e. The number of carbonyl (C=O) groups is 1. The van der Waals surface area contributed by atoms with Gasteiger partial charge in [-0.15, -0.1) is 5.10 Å². The van der Waals surface area contributed by atoms with Crippen molar-refractivity contribution in [3.05, 3.63) is 29.2 Å². The summed E-state index contributed by atoms with van der Waals surface area (Å²) in [5.74, 6) is -0.149. The standard InChI is InChI=1S/C8H6N4O2S/c1-14-8-6(9-2-3-10-8)7(13)5-4-15-12-11-5/h2-4H,1H3. The minimum atomic E-state index is -0.339. The first-order valence-corrected chi connectivity index (χ1v) is 4.83. The first-order valence-electron chi connectivity index (χ1n) is 3.99. The van der Waals surface area contributed by atoms with Crippen molar-refractivity contribution in [2.45, 2.75) is 0 Å². The van der Waals surface area contributed by atoms with Crippen molar-refractivity contribution in [3.8, 4) is 5.88 Å². The lowest BCUT2D eigenvalue weighted by Crippen LogP contribution is -2.08. The Morgan fingerprint density at radius 3 is 2.87 bits per heavy atom. The molecule has 2 rings (SSSR count). The van der Waals surface area contributed by atoms with E-state index in [-0.39, 0.29) is 23.1 Å². The molecule has 0 N–H and O–H groups in total. The molecular weight excluding hydrogens is 216 g/mol. The second kappa shape index (κ2) is 4.09. The monoisotopic (exact) mass is 222 g/mol. The molecule has 6 nitrogen and oxygen atoms in total. The number of rotatable bonds is 3. The van der Waals surface area contributed by atoms with E-state index in [1.165, 1.54) is 19.5 Å². The lowest BCUT2D eigenvalue weighted by Gasteiger charge is -2.01. The zero-order valence-electron chi connectivity index (χ0n) is 7.75. The number of hydrogen-bond acceptors (Lipinski definition) is 7. The molecule has 2 aromatic rings. The average Bonchev–Trinajstić information content (AvgIpc) is 2.81. The summed E-state index contributed by atoms with van der Waals surface area (Å²) in [5, 5.41) is 5.22. The van der Waals surface area contributed by atoms with E-state index in [1.54, 1.807) is 5.38 Å². The van der Waals surface area contributed by atoms with Gasteiger partial charge in [-0.05, 0) is 11.5 Å². The van der Waals surface area contributed by atoms with E-state index in [1.807, 2.05) is 0 Å². The van der Waals surface area contributed by atoms with Crippen LogP contribution in [0.5, 0.6) is 5.88 Å². The van der Waals surface area contributed by atoms with Crippen LogP contribution in [0, 0.1) is 0 Å². The van der Waals surface area contributed by atoms with E-state index in [9.17, 15) is 4.79 Å². The van der Waals surface area contributed by atoms with Crippen LogP contribution in [0.15, 0.2) is 17.8 Å². The molecule has 15 heavy (non-hydrogen) atoms. The van der Waals surface area contributed by atoms with Crippen LogP contribution in [0.4, 0.5) is 0 Å². The zero-order valence-corrected chi connectivity index (χ0v) is 8.56. The summed E-state index contributed by atoms with van der Waals surface area (Å²) in [5.41, 5.74) is 0.395. The van der Waals surface area contributed by atoms with Crippen molar-refractivity contribution >= 4 is 17.3 Å². The van der Waals surface area contributed by atoms with Crippen molar-refractivity contribution in [3.63, 3.8) is 0 Å². The fourth-order valence-corrected chi connectivity index (χ4v) is 1.45. The summed E-state index contributed by atoms with van der Waals surface area (Å²) < 4.78 is 8.53. The highest BCUT2D eigenvalue weighted by atomic mass is 32.1. The SMILES string of the molecule is COc1nccnc1C(=O)c1csnn1. The Morgan fingerprint density at radius 2 is 2.20 bits per heavy atom. The number of aromatic nitrogens is 4. The Morgan fingerprint density at radius 1 is 1.40 bits per heavy atom. The highest BCUT2D eigenvalue weighted by Crippen LogP contribution is 2.14. The molecule has 76 valence electrons. The molecule has 0 spiro atoms. The third-order valence-corrected chi connectivity index (χ3v) is 2.17. The summed E-state index contributed by atoms with van der Waals surface area (Å²) in [6, 6.07) is 0. The number of hydrogen-bond donors (Lipinski definition) is 0. The van der Waals surface area contributed by atoms with Gasteiger partial charge in [-0.3, -0.25) is 4.79 Å². The molecule has 0 aromatic carbocycles. The van der Waals surface area contributed by atoms with Crippen molar-refractivity contribution < 1.29 is 9.53 Å². The van der Waals surface area contributed by atoms with Crippen molar-refractivity contribution in [1.82, 2.24) is 19.6 Å². The highest BCUT2D eigenvalue weighted by Gasteiger charge is 2.18. The molecule has 0 radical (unpaired) electrons. The molecule has 0 saturated heterocycles. The fraction of sp³-hybridized carbons (Fsp3) is 0.125. The Kier molecular flexibility index (Phi) is 2.64. The molecule has 0 saturated carbocycles. The van der Waals surface area contributed by atoms with Gasteiger partial charge in [-0.1, -0.05) is 4.49 Å². The van der Waals surface area contributed by atoms with Crippen molar-refractivity contribution in [2.75, 3.05) is 7.11 Å². The molecule has 0 bridgehead atoms. The van der Waals surface area contributed by atoms with Crippen LogP contribution in [0.2, 0.25) is 0 Å². The maximum atomic E-state index is 11.8. The van der Waals surface area contributed by atoms with Crippen LogP contribution in [-0.2, 0) is 0 Å². The Bertz CT molecular complexity index is 471. The maximum absolute atomic E-state index is 11.8. The molecule has 2 aromatic heterocycles. The van der Waals surface area contributed by atoms with Crippen LogP contribution in [0.25, 0.3) is 0 Å². The molecule has 0 amide bonds. The lowest BCUT2D eigenvalue weighted by molar-refractivity contribution is 0.102. The Hall–Kier alpha value is -1.89. The fourth-order valence-electron chi connectivity index (χ4n) is 1.02. The van der Waals surface area contributed by atoms with Gasteiger partial charge in [-0.25, -0.2) is 9.97 Å². The van der Waals surface area contributed by atoms with E-state index in [2.05, 4.69) is 19.6 Å². The maximum Gasteiger partial charge on any atom is 0.243 e. The number of ether oxygens (including phenoxy) is 1. The van der Waals surface area contributed by atoms with Gasteiger partial charge in [0.1, 0.15) is 5.69 Å². The first-order chi connectivity index (χ1) is 7.33. The summed E-state index contributed by atoms with van der Waals surface area (Å²) in [6.07, 6.45) is 2.88. The number of ketones is 1. The lowest BCUT2D eigenvalue weighted by atomic mass is 10.2. The molecule has 0 aliphatic rings. The molecular formula is C8H6N4O2S. The average molecular weight is 222 g/mol. The van der Waals surface area contributed by atoms with Gasteiger partial charge < -0.3 is 4.74 Å². The minimum absolute atomic E-state index is 0.146. The van der Waals surface area contributed by atoms with Gasteiger partial charge in [0, 0.05) is 17.8 Å². The molecule has 0 aliphatic carbocycles. The van der Waals surface area contributed by atoms with E-state index >= 15 is 0 Å². The van der Waals surface area contributed by atoms with E-state index in [0.717, 1.165) is 11.5 Å². The second-order valence-electron chi connectivity index (χ2n) is 2.53. The van der Waals surface area contributed by atoms with Gasteiger partial charge in [0.05, 0.1) is 7.11 Å². The van der Waals surface area contributed by atoms with Crippen molar-refractivity contribution in [2.24, 2.45) is 0 Å². The molecule has 0 fully saturated rings. The van der Waals surface area contributed by atoms with Gasteiger partial charge in [0.15, 0.2) is 5.69 Å². The van der Waals surface area contributed by atoms with Crippen LogP contribution >= 0.6 is 11.5 Å². The highest BCUT2D eigenvalue weighted by molar-refractivity contribution is 7.03. The molecule has 0 atom stereocenters. The predicted molar refractivity (Wildman–Crippen MR) is 51.9 cm³/mol. The summed E-state index contributed by atoms with van der Waals surface area (Å²) in [4.78, 5) is 19.6. The Balaban J connectivity index is 2.42. The van der Waals surface area contributed by atoms with Gasteiger partial charge in [0.25, 0.3) is 0 Å². The van der Waals surface area contributed by atoms with Crippen LogP contribution < -0.4 is 4.74 Å². The van der Waals surface area contributed by atoms with Gasteiger partial charge >= 0.3 is 0 Å². The van der Waals surface area contributed by atoms with E-state index in [4.69, 9.17) is 4.74 Å². The molecule has 0 aliphatic heterocycles. The quantitative estimate of drug-likeness (QED) is 0.706. The number of carbonyl (C=O) groups excluding carboxylic acids is 1. The summed E-state index contributed by atoms with van der Waals surface area (Å²) >= 11 is 1.11. The van der Waals surface area contributed by atoms with Crippen LogP contribution in [0.3, 0.4) is 0 Å². The van der Waals surface area contributed by atoms with Gasteiger partial charge in [0.2, 0.25) is 11.7 Å². The Labute approximate surface area is 89.1 Å². The first kappa shape index (κ1) is 9.66. The largest absolute Gasteiger partial charge is 0.479 e.